The summed E-state index contributed by atoms with van der Waals surface area (Å²) in [5.74, 6) is -0.217. The van der Waals surface area contributed by atoms with E-state index >= 15 is 0 Å². The van der Waals surface area contributed by atoms with Crippen LogP contribution < -0.4 is 5.32 Å². The van der Waals surface area contributed by atoms with Gasteiger partial charge in [0.15, 0.2) is 5.13 Å². The van der Waals surface area contributed by atoms with Crippen molar-refractivity contribution in [3.05, 3.63) is 82.4 Å². The molecule has 1 heterocycles. The van der Waals surface area contributed by atoms with Crippen molar-refractivity contribution in [3.63, 3.8) is 0 Å². The van der Waals surface area contributed by atoms with Gasteiger partial charge in [0.2, 0.25) is 0 Å². The Morgan fingerprint density at radius 2 is 1.93 bits per heavy atom. The topological polar surface area (TPSA) is 75.0 Å². The van der Waals surface area contributed by atoms with E-state index in [0.717, 1.165) is 16.0 Å². The summed E-state index contributed by atoms with van der Waals surface area (Å²) in [5.41, 5.74) is 2.76. The predicted molar refractivity (Wildman–Crippen MR) is 105 cm³/mol. The van der Waals surface area contributed by atoms with Gasteiger partial charge in [-0.3, -0.25) is 10.1 Å². The van der Waals surface area contributed by atoms with Crippen LogP contribution in [-0.4, -0.2) is 17.0 Å². The molecule has 0 aliphatic rings. The maximum absolute atomic E-state index is 12.3. The number of amides is 1. The number of hydrogen-bond acceptors (Lipinski definition) is 5. The van der Waals surface area contributed by atoms with Crippen LogP contribution in [0.15, 0.2) is 60.8 Å². The first-order chi connectivity index (χ1) is 13.1. The molecule has 0 saturated carbocycles. The largest absolute Gasteiger partial charge is 0.364 e. The Hall–Kier alpha value is -3.01. The minimum Gasteiger partial charge on any atom is -0.364 e. The number of nitrogens with one attached hydrogen (secondary N) is 1. The van der Waals surface area contributed by atoms with Gasteiger partial charge in [-0.25, -0.2) is 4.98 Å². The monoisotopic (exact) mass is 377 g/mol. The summed E-state index contributed by atoms with van der Waals surface area (Å²) in [7, 11) is 0. The first-order valence-electron chi connectivity index (χ1n) is 8.54. The second-order valence-electron chi connectivity index (χ2n) is 6.05. The Bertz CT molecular complexity index is 930. The zero-order valence-electron chi connectivity index (χ0n) is 14.9. The third kappa shape index (κ3) is 5.48. The second-order valence-corrected chi connectivity index (χ2v) is 7.16. The SMILES string of the molecule is CC(OCc1ccccc1)C(=O)Nc1ncc(Cc2ccc(C#N)cc2)s1. The molecule has 3 aromatic rings. The van der Waals surface area contributed by atoms with Gasteiger partial charge in [0.25, 0.3) is 5.91 Å². The van der Waals surface area contributed by atoms with Crippen LogP contribution in [0.4, 0.5) is 5.13 Å². The summed E-state index contributed by atoms with van der Waals surface area (Å²) in [6.45, 7) is 2.11. The molecule has 0 radical (unpaired) electrons. The fourth-order valence-electron chi connectivity index (χ4n) is 2.42. The molecule has 6 heteroatoms. The summed E-state index contributed by atoms with van der Waals surface area (Å²) in [4.78, 5) is 17.6. The first kappa shape index (κ1) is 18.8. The lowest BCUT2D eigenvalue weighted by Crippen LogP contribution is -2.27. The van der Waals surface area contributed by atoms with Crippen LogP contribution in [0.1, 0.15) is 28.5 Å². The van der Waals surface area contributed by atoms with Crippen LogP contribution in [0.2, 0.25) is 0 Å². The first-order valence-corrected chi connectivity index (χ1v) is 9.36. The quantitative estimate of drug-likeness (QED) is 0.671. The van der Waals surface area contributed by atoms with E-state index in [9.17, 15) is 4.79 Å². The number of hydrogen-bond donors (Lipinski definition) is 1. The predicted octanol–water partition coefficient (Wildman–Crippen LogP) is 4.15. The number of thiazole rings is 1. The number of ether oxygens (including phenoxy) is 1. The number of rotatable bonds is 7. The minimum atomic E-state index is -0.573. The van der Waals surface area contributed by atoms with Crippen molar-refractivity contribution in [2.45, 2.75) is 26.1 Å². The van der Waals surface area contributed by atoms with E-state index in [1.54, 1.807) is 25.3 Å². The molecule has 3 rings (SSSR count). The number of carbonyl (C=O) groups is 1. The standard InChI is InChI=1S/C21H19N3O2S/c1-15(26-14-18-5-3-2-4-6-18)20(25)24-21-23-13-19(27-21)11-16-7-9-17(12-22)10-8-16/h2-10,13,15H,11,14H2,1H3,(H,23,24,25). The normalized spacial score (nSPS) is 11.6. The van der Waals surface area contributed by atoms with E-state index in [-0.39, 0.29) is 5.91 Å². The smallest absolute Gasteiger partial charge is 0.255 e. The maximum Gasteiger partial charge on any atom is 0.255 e. The summed E-state index contributed by atoms with van der Waals surface area (Å²) in [6.07, 6.45) is 1.89. The fraction of sp³-hybridized carbons (Fsp3) is 0.190. The molecule has 1 amide bonds. The summed E-state index contributed by atoms with van der Waals surface area (Å²) >= 11 is 1.43. The highest BCUT2D eigenvalue weighted by atomic mass is 32.1. The molecule has 136 valence electrons. The van der Waals surface area contributed by atoms with E-state index in [2.05, 4.69) is 16.4 Å². The van der Waals surface area contributed by atoms with Crippen LogP contribution >= 0.6 is 11.3 Å². The van der Waals surface area contributed by atoms with Crippen molar-refractivity contribution in [2.24, 2.45) is 0 Å². The number of carbonyl (C=O) groups excluding carboxylic acids is 1. The molecule has 1 atom stereocenters. The van der Waals surface area contributed by atoms with E-state index < -0.39 is 6.10 Å². The van der Waals surface area contributed by atoms with Gasteiger partial charge in [0.05, 0.1) is 18.2 Å². The molecule has 1 N–H and O–H groups in total. The van der Waals surface area contributed by atoms with E-state index in [0.29, 0.717) is 23.7 Å². The van der Waals surface area contributed by atoms with Crippen molar-refractivity contribution in [1.29, 1.82) is 5.26 Å². The van der Waals surface area contributed by atoms with Crippen molar-refractivity contribution >= 4 is 22.4 Å². The number of benzene rings is 2. The van der Waals surface area contributed by atoms with Crippen LogP contribution in [0, 0.1) is 11.3 Å². The minimum absolute atomic E-state index is 0.217. The third-order valence-electron chi connectivity index (χ3n) is 3.96. The van der Waals surface area contributed by atoms with Gasteiger partial charge in [-0.2, -0.15) is 5.26 Å². The summed E-state index contributed by atoms with van der Waals surface area (Å²) in [5, 5.41) is 12.2. The molecular weight excluding hydrogens is 358 g/mol. The lowest BCUT2D eigenvalue weighted by molar-refractivity contribution is -0.127. The Kier molecular flexibility index (Phi) is 6.31. The number of aromatic nitrogens is 1. The molecule has 0 fully saturated rings. The number of nitriles is 1. The lowest BCUT2D eigenvalue weighted by Gasteiger charge is -2.12. The second kappa shape index (κ2) is 9.08. The Labute approximate surface area is 162 Å². The van der Waals surface area contributed by atoms with Crippen molar-refractivity contribution < 1.29 is 9.53 Å². The summed E-state index contributed by atoms with van der Waals surface area (Å²) in [6, 6.07) is 19.3. The number of anilines is 1. The van der Waals surface area contributed by atoms with E-state index in [4.69, 9.17) is 10.00 Å². The van der Waals surface area contributed by atoms with Gasteiger partial charge < -0.3 is 4.74 Å². The molecule has 0 aliphatic carbocycles. The average molecular weight is 377 g/mol. The van der Waals surface area contributed by atoms with Gasteiger partial charge in [-0.1, -0.05) is 42.5 Å². The lowest BCUT2D eigenvalue weighted by atomic mass is 10.1. The Morgan fingerprint density at radius 3 is 2.63 bits per heavy atom. The zero-order valence-corrected chi connectivity index (χ0v) is 15.7. The molecule has 0 aliphatic heterocycles. The Morgan fingerprint density at radius 1 is 1.19 bits per heavy atom. The van der Waals surface area contributed by atoms with Gasteiger partial charge in [0.1, 0.15) is 6.10 Å². The highest BCUT2D eigenvalue weighted by molar-refractivity contribution is 7.15. The summed E-state index contributed by atoms with van der Waals surface area (Å²) < 4.78 is 5.62. The third-order valence-corrected chi connectivity index (χ3v) is 4.87. The van der Waals surface area contributed by atoms with E-state index in [1.165, 1.54) is 11.3 Å². The van der Waals surface area contributed by atoms with Gasteiger partial charge in [-0.15, -0.1) is 11.3 Å². The molecule has 2 aromatic carbocycles. The molecule has 1 aromatic heterocycles. The van der Waals surface area contributed by atoms with Crippen molar-refractivity contribution in [1.82, 2.24) is 4.98 Å². The molecular formula is C21H19N3O2S. The molecule has 0 bridgehead atoms. The zero-order chi connectivity index (χ0) is 19.1. The molecule has 27 heavy (non-hydrogen) atoms. The van der Waals surface area contributed by atoms with Crippen molar-refractivity contribution in [3.8, 4) is 6.07 Å². The average Bonchev–Trinajstić information content (AvgIpc) is 3.14. The van der Waals surface area contributed by atoms with Crippen LogP contribution in [0.3, 0.4) is 0 Å². The molecule has 1 unspecified atom stereocenters. The van der Waals surface area contributed by atoms with E-state index in [1.807, 2.05) is 42.5 Å². The highest BCUT2D eigenvalue weighted by Crippen LogP contribution is 2.21. The van der Waals surface area contributed by atoms with Crippen LogP contribution in [0.25, 0.3) is 0 Å². The van der Waals surface area contributed by atoms with Gasteiger partial charge in [0, 0.05) is 17.5 Å². The highest BCUT2D eigenvalue weighted by Gasteiger charge is 2.15. The van der Waals surface area contributed by atoms with Crippen LogP contribution in [-0.2, 0) is 22.6 Å². The maximum atomic E-state index is 12.3. The van der Waals surface area contributed by atoms with Crippen LogP contribution in [0.5, 0.6) is 0 Å². The number of nitrogens with zero attached hydrogens (tertiary/aromatic N) is 2. The Balaban J connectivity index is 1.51. The molecule has 5 nitrogen and oxygen atoms in total. The van der Waals surface area contributed by atoms with Crippen molar-refractivity contribution in [2.75, 3.05) is 5.32 Å². The molecule has 0 saturated heterocycles. The van der Waals surface area contributed by atoms with Gasteiger partial charge in [-0.05, 0) is 30.2 Å². The fourth-order valence-corrected chi connectivity index (χ4v) is 3.27. The molecule has 0 spiro atoms. The van der Waals surface area contributed by atoms with Gasteiger partial charge >= 0.3 is 0 Å².